The number of ether oxygens (including phenoxy) is 1. The van der Waals surface area contributed by atoms with E-state index in [2.05, 4.69) is 22.5 Å². The average molecular weight is 485 g/mol. The number of Topliss-reactive ketones (excluding diaryl/α,β-unsaturated/α-hetero) is 1. The first-order valence-electron chi connectivity index (χ1n) is 9.86. The van der Waals surface area contributed by atoms with Crippen LogP contribution in [0.3, 0.4) is 0 Å². The van der Waals surface area contributed by atoms with E-state index in [1.807, 2.05) is 43.3 Å². The van der Waals surface area contributed by atoms with Gasteiger partial charge in [-0.25, -0.2) is 0 Å². The van der Waals surface area contributed by atoms with Crippen LogP contribution in [0.25, 0.3) is 5.76 Å². The molecule has 0 aliphatic carbocycles. The molecule has 1 N–H and O–H groups in total. The van der Waals surface area contributed by atoms with Gasteiger partial charge in [0.1, 0.15) is 18.1 Å². The van der Waals surface area contributed by atoms with Crippen LogP contribution in [0.2, 0.25) is 0 Å². The quantitative estimate of drug-likeness (QED) is 0.265. The molecule has 1 amide bonds. The molecule has 0 saturated carbocycles. The molecule has 1 fully saturated rings. The number of nitrogens with zero attached hydrogens (tertiary/aromatic N) is 2. The molecule has 1 heterocycles. The molecule has 0 radical (unpaired) electrons. The predicted octanol–water partition coefficient (Wildman–Crippen LogP) is 4.00. The molecule has 3 rings (SSSR count). The van der Waals surface area contributed by atoms with Crippen molar-refractivity contribution < 1.29 is 19.4 Å². The molecule has 1 aliphatic rings. The Bertz CT molecular complexity index is 997. The summed E-state index contributed by atoms with van der Waals surface area (Å²) >= 11 is 3.41. The summed E-state index contributed by atoms with van der Waals surface area (Å²) in [6, 6.07) is 13.5. The van der Waals surface area contributed by atoms with E-state index in [1.165, 1.54) is 4.90 Å². The van der Waals surface area contributed by atoms with E-state index in [-0.39, 0.29) is 11.3 Å². The number of likely N-dealkylation sites (N-methyl/N-ethyl adjacent to an activating group) is 1. The second kappa shape index (κ2) is 9.94. The zero-order chi connectivity index (χ0) is 22.5. The lowest BCUT2D eigenvalue weighted by Gasteiger charge is -2.26. The first-order valence-corrected chi connectivity index (χ1v) is 10.7. The van der Waals surface area contributed by atoms with E-state index in [4.69, 9.17) is 4.74 Å². The van der Waals surface area contributed by atoms with Gasteiger partial charge in [-0.3, -0.25) is 9.59 Å². The minimum absolute atomic E-state index is 0.0887. The molecule has 1 atom stereocenters. The number of aliphatic hydroxyl groups excluding tert-OH is 1. The highest BCUT2D eigenvalue weighted by Gasteiger charge is 2.45. The van der Waals surface area contributed by atoms with Gasteiger partial charge < -0.3 is 19.6 Å². The third kappa shape index (κ3) is 5.06. The van der Waals surface area contributed by atoms with Gasteiger partial charge in [-0.15, -0.1) is 0 Å². The van der Waals surface area contributed by atoms with Gasteiger partial charge in [0.15, 0.2) is 0 Å². The molecule has 2 aromatic rings. The molecule has 1 saturated heterocycles. The van der Waals surface area contributed by atoms with Crippen molar-refractivity contribution in [2.75, 3.05) is 33.8 Å². The second-order valence-corrected chi connectivity index (χ2v) is 8.39. The van der Waals surface area contributed by atoms with E-state index in [0.29, 0.717) is 31.0 Å². The molecule has 1 aliphatic heterocycles. The number of ketones is 1. The lowest BCUT2D eigenvalue weighted by Crippen LogP contribution is -2.35. The number of likely N-dealkylation sites (tertiary alicyclic amines) is 1. The number of benzene rings is 2. The number of aliphatic hydroxyl groups is 1. The summed E-state index contributed by atoms with van der Waals surface area (Å²) in [4.78, 5) is 29.3. The lowest BCUT2D eigenvalue weighted by molar-refractivity contribution is -0.140. The van der Waals surface area contributed by atoms with Crippen LogP contribution in [-0.2, 0) is 9.59 Å². The molecular formula is C24H25BrN2O4. The van der Waals surface area contributed by atoms with Crippen molar-refractivity contribution in [3.05, 3.63) is 82.4 Å². The normalized spacial score (nSPS) is 17.9. The fourth-order valence-corrected chi connectivity index (χ4v) is 3.69. The molecule has 162 valence electrons. The highest BCUT2D eigenvalue weighted by molar-refractivity contribution is 9.10. The van der Waals surface area contributed by atoms with Crippen molar-refractivity contribution >= 4 is 33.4 Å². The van der Waals surface area contributed by atoms with Crippen LogP contribution >= 0.6 is 15.9 Å². The maximum atomic E-state index is 13.0. The Morgan fingerprint density at radius 2 is 1.81 bits per heavy atom. The molecule has 31 heavy (non-hydrogen) atoms. The number of hydrogen-bond acceptors (Lipinski definition) is 5. The van der Waals surface area contributed by atoms with Crippen molar-refractivity contribution in [2.45, 2.75) is 6.04 Å². The summed E-state index contributed by atoms with van der Waals surface area (Å²) in [7, 11) is 3.81. The minimum Gasteiger partial charge on any atom is -0.507 e. The van der Waals surface area contributed by atoms with Crippen LogP contribution in [0.5, 0.6) is 5.75 Å². The number of halogens is 1. The van der Waals surface area contributed by atoms with E-state index in [9.17, 15) is 14.7 Å². The second-order valence-electron chi connectivity index (χ2n) is 7.47. The SMILES string of the molecule is C=CCOc1ccc(/C(O)=C2\C(=O)C(=O)N(CCN(C)C)[C@@H]2c2ccc(Br)cc2)cc1. The Morgan fingerprint density at radius 1 is 1.16 bits per heavy atom. The van der Waals surface area contributed by atoms with Crippen LogP contribution in [0.4, 0.5) is 0 Å². The molecule has 2 aromatic carbocycles. The maximum Gasteiger partial charge on any atom is 0.295 e. The van der Waals surface area contributed by atoms with Crippen LogP contribution in [0, 0.1) is 0 Å². The smallest absolute Gasteiger partial charge is 0.295 e. The Hall–Kier alpha value is -2.90. The standard InChI is InChI=1S/C24H25BrN2O4/c1-4-15-31-19-11-7-17(8-12-19)22(28)20-21(16-5-9-18(25)10-6-16)27(14-13-26(2)3)24(30)23(20)29/h4-12,21,28H,1,13-15H2,2-3H3/b22-20+/t21-/m1/s1. The Morgan fingerprint density at radius 3 is 2.39 bits per heavy atom. The fraction of sp³-hybridized carbons (Fsp3) is 0.250. The third-order valence-electron chi connectivity index (χ3n) is 5.01. The summed E-state index contributed by atoms with van der Waals surface area (Å²) < 4.78 is 6.36. The highest BCUT2D eigenvalue weighted by atomic mass is 79.9. The highest BCUT2D eigenvalue weighted by Crippen LogP contribution is 2.39. The Labute approximate surface area is 190 Å². The fourth-order valence-electron chi connectivity index (χ4n) is 3.43. The predicted molar refractivity (Wildman–Crippen MR) is 124 cm³/mol. The summed E-state index contributed by atoms with van der Waals surface area (Å²) in [5.41, 5.74) is 1.29. The van der Waals surface area contributed by atoms with Crippen molar-refractivity contribution in [1.29, 1.82) is 0 Å². The van der Waals surface area contributed by atoms with Gasteiger partial charge in [-0.1, -0.05) is 40.7 Å². The monoisotopic (exact) mass is 484 g/mol. The topological polar surface area (TPSA) is 70.1 Å². The first kappa shape index (κ1) is 22.8. The van der Waals surface area contributed by atoms with Crippen LogP contribution in [0.1, 0.15) is 17.2 Å². The largest absolute Gasteiger partial charge is 0.507 e. The number of carbonyl (C=O) groups is 2. The molecule has 0 spiro atoms. The van der Waals surface area contributed by atoms with E-state index >= 15 is 0 Å². The minimum atomic E-state index is -0.684. The van der Waals surface area contributed by atoms with Crippen molar-refractivity contribution in [1.82, 2.24) is 9.80 Å². The van der Waals surface area contributed by atoms with E-state index in [0.717, 1.165) is 10.0 Å². The Kier molecular flexibility index (Phi) is 7.30. The first-order chi connectivity index (χ1) is 14.8. The number of hydrogen-bond donors (Lipinski definition) is 1. The zero-order valence-electron chi connectivity index (χ0n) is 17.5. The molecular weight excluding hydrogens is 460 g/mol. The molecule has 0 aromatic heterocycles. The van der Waals surface area contributed by atoms with Gasteiger partial charge in [0.25, 0.3) is 11.7 Å². The van der Waals surface area contributed by atoms with Crippen molar-refractivity contribution in [3.8, 4) is 5.75 Å². The van der Waals surface area contributed by atoms with E-state index in [1.54, 1.807) is 30.3 Å². The molecule has 0 unspecified atom stereocenters. The Balaban J connectivity index is 2.05. The van der Waals surface area contributed by atoms with Crippen LogP contribution in [0.15, 0.2) is 71.2 Å². The zero-order valence-corrected chi connectivity index (χ0v) is 19.1. The average Bonchev–Trinajstić information content (AvgIpc) is 3.01. The summed E-state index contributed by atoms with van der Waals surface area (Å²) in [5.74, 6) is -0.875. The molecule has 0 bridgehead atoms. The van der Waals surface area contributed by atoms with Crippen molar-refractivity contribution in [3.63, 3.8) is 0 Å². The van der Waals surface area contributed by atoms with Gasteiger partial charge in [-0.05, 0) is 56.1 Å². The maximum absolute atomic E-state index is 13.0. The van der Waals surface area contributed by atoms with Gasteiger partial charge in [-0.2, -0.15) is 0 Å². The lowest BCUT2D eigenvalue weighted by atomic mass is 9.95. The van der Waals surface area contributed by atoms with Gasteiger partial charge in [0.05, 0.1) is 11.6 Å². The summed E-state index contributed by atoms with van der Waals surface area (Å²) in [5, 5.41) is 11.1. The van der Waals surface area contributed by atoms with Gasteiger partial charge in [0.2, 0.25) is 0 Å². The summed E-state index contributed by atoms with van der Waals surface area (Å²) in [6.07, 6.45) is 1.64. The van der Waals surface area contributed by atoms with Crippen LogP contribution in [-0.4, -0.2) is 60.4 Å². The molecule has 7 heteroatoms. The van der Waals surface area contributed by atoms with E-state index < -0.39 is 17.7 Å². The number of rotatable bonds is 8. The van der Waals surface area contributed by atoms with Gasteiger partial charge >= 0.3 is 0 Å². The van der Waals surface area contributed by atoms with Crippen molar-refractivity contribution in [2.24, 2.45) is 0 Å². The summed E-state index contributed by atoms with van der Waals surface area (Å²) in [6.45, 7) is 4.94. The van der Waals surface area contributed by atoms with Gasteiger partial charge in [0, 0.05) is 23.1 Å². The number of carbonyl (C=O) groups excluding carboxylic acids is 2. The third-order valence-corrected chi connectivity index (χ3v) is 5.54. The molecule has 6 nitrogen and oxygen atoms in total. The van der Waals surface area contributed by atoms with Crippen LogP contribution < -0.4 is 4.74 Å². The number of amides is 1.